The van der Waals surface area contributed by atoms with Crippen LogP contribution < -0.4 is 4.18 Å². The van der Waals surface area contributed by atoms with Crippen molar-refractivity contribution in [3.05, 3.63) is 52.3 Å². The van der Waals surface area contributed by atoms with E-state index in [-0.39, 0.29) is 40.6 Å². The van der Waals surface area contributed by atoms with E-state index in [1.165, 1.54) is 15.6 Å². The molecule has 0 spiro atoms. The first-order valence-electron chi connectivity index (χ1n) is 16.5. The molecule has 0 unspecified atom stereocenters. The summed E-state index contributed by atoms with van der Waals surface area (Å²) in [5.41, 5.74) is -7.72. The Hall–Kier alpha value is -3.68. The molecule has 4 heterocycles. The Labute approximate surface area is 308 Å². The number of rotatable bonds is 7. The van der Waals surface area contributed by atoms with E-state index in [4.69, 9.17) is 9.16 Å². The Bertz CT molecular complexity index is 2190. The van der Waals surface area contributed by atoms with Gasteiger partial charge in [0.15, 0.2) is 8.32 Å². The maximum absolute atomic E-state index is 16.3. The van der Waals surface area contributed by atoms with E-state index >= 15 is 8.78 Å². The summed E-state index contributed by atoms with van der Waals surface area (Å²) in [7, 11) is -8.89. The standard InChI is InChI=1S/C34H40F6N4O6S2Si/c1-17-14-43(31(45)49-32(3,4)5)18(2)24-13-23(42-44(17)24)28-27(25-19(11-20(35)12-21(25)36)15-48-53(9,10)33(6,7)8)26-22(37)16-51-29(26)30(41-28)50-52(46,47)34(38,39)40/h11-13,16-18H,14-15H2,1-10H3/t17-,18+/m0/s1. The first-order chi connectivity index (χ1) is 24.1. The highest BCUT2D eigenvalue weighted by atomic mass is 32.2. The third-order valence-electron chi connectivity index (χ3n) is 9.30. The van der Waals surface area contributed by atoms with Crippen molar-refractivity contribution in [3.63, 3.8) is 0 Å². The third-order valence-corrected chi connectivity index (χ3v) is 15.7. The van der Waals surface area contributed by atoms with E-state index in [0.717, 1.165) is 11.4 Å². The molecule has 1 aromatic carbocycles. The normalized spacial score (nSPS) is 17.3. The Kier molecular flexibility index (Phi) is 10.4. The number of aromatic nitrogens is 3. The number of amides is 1. The molecule has 0 fully saturated rings. The summed E-state index contributed by atoms with van der Waals surface area (Å²) in [6, 6.07) is 1.79. The second-order valence-corrected chi connectivity index (χ2v) is 22.7. The van der Waals surface area contributed by atoms with Gasteiger partial charge in [0.25, 0.3) is 5.88 Å². The van der Waals surface area contributed by atoms with Gasteiger partial charge < -0.3 is 13.3 Å². The first kappa shape index (κ1) is 40.5. The Morgan fingerprint density at radius 2 is 1.64 bits per heavy atom. The van der Waals surface area contributed by atoms with E-state index in [9.17, 15) is 30.8 Å². The van der Waals surface area contributed by atoms with E-state index < -0.39 is 86.8 Å². The number of nitrogens with zero attached hydrogens (tertiary/aromatic N) is 4. The highest BCUT2D eigenvalue weighted by Gasteiger charge is 2.49. The molecule has 10 nitrogen and oxygen atoms in total. The Morgan fingerprint density at radius 1 is 1.00 bits per heavy atom. The molecule has 0 radical (unpaired) electrons. The molecule has 1 aliphatic heterocycles. The third kappa shape index (κ3) is 7.79. The van der Waals surface area contributed by atoms with Crippen LogP contribution in [0.5, 0.6) is 5.88 Å². The quantitative estimate of drug-likeness (QED) is 0.0786. The lowest BCUT2D eigenvalue weighted by molar-refractivity contribution is -0.0500. The predicted molar refractivity (Wildman–Crippen MR) is 190 cm³/mol. The monoisotopic (exact) mass is 806 g/mol. The fourth-order valence-corrected chi connectivity index (χ4v) is 7.88. The predicted octanol–water partition coefficient (Wildman–Crippen LogP) is 9.87. The number of hydrogen-bond donors (Lipinski definition) is 0. The van der Waals surface area contributed by atoms with Gasteiger partial charge in [-0.3, -0.25) is 9.58 Å². The summed E-state index contributed by atoms with van der Waals surface area (Å²) in [6.07, 6.45) is -0.626. The first-order valence-corrected chi connectivity index (χ1v) is 21.7. The fraction of sp³-hybridized carbons (Fsp3) is 0.500. The van der Waals surface area contributed by atoms with Crippen LogP contribution in [-0.2, 0) is 25.9 Å². The van der Waals surface area contributed by atoms with E-state index in [1.54, 1.807) is 34.6 Å². The van der Waals surface area contributed by atoms with Crippen molar-refractivity contribution in [1.82, 2.24) is 19.7 Å². The van der Waals surface area contributed by atoms with Crippen molar-refractivity contribution in [2.75, 3.05) is 6.54 Å². The van der Waals surface area contributed by atoms with Crippen LogP contribution in [-0.4, -0.2) is 60.1 Å². The average molecular weight is 807 g/mol. The molecule has 2 atom stereocenters. The molecular formula is C34H40F6N4O6S2Si. The molecule has 0 bridgehead atoms. The largest absolute Gasteiger partial charge is 0.534 e. The molecule has 0 saturated heterocycles. The number of fused-ring (bicyclic) bond motifs is 2. The lowest BCUT2D eigenvalue weighted by Gasteiger charge is -2.38. The molecule has 1 aliphatic rings. The van der Waals surface area contributed by atoms with Gasteiger partial charge in [-0.25, -0.2) is 22.9 Å². The molecule has 290 valence electrons. The van der Waals surface area contributed by atoms with E-state index in [1.807, 2.05) is 33.9 Å². The van der Waals surface area contributed by atoms with Gasteiger partial charge >= 0.3 is 21.7 Å². The molecule has 0 saturated carbocycles. The minimum atomic E-state index is -6.32. The number of halogens is 6. The smallest absolute Gasteiger partial charge is 0.444 e. The van der Waals surface area contributed by atoms with Crippen LogP contribution in [0.25, 0.3) is 32.6 Å². The van der Waals surface area contributed by atoms with Gasteiger partial charge in [0.05, 0.1) is 24.4 Å². The summed E-state index contributed by atoms with van der Waals surface area (Å²) in [6.45, 7) is 18.0. The lowest BCUT2D eigenvalue weighted by Crippen LogP contribution is -2.45. The molecule has 19 heteroatoms. The van der Waals surface area contributed by atoms with Crippen LogP contribution in [0.4, 0.5) is 31.1 Å². The number of carbonyl (C=O) groups excluding carboxylic acids is 1. The van der Waals surface area contributed by atoms with Gasteiger partial charge in [0.2, 0.25) is 0 Å². The topological polar surface area (TPSA) is 113 Å². The Balaban J connectivity index is 1.82. The van der Waals surface area contributed by atoms with Gasteiger partial charge in [-0.1, -0.05) is 20.8 Å². The summed E-state index contributed by atoms with van der Waals surface area (Å²) in [5.74, 6) is -4.35. The van der Waals surface area contributed by atoms with Crippen LogP contribution in [0.2, 0.25) is 18.1 Å². The molecule has 4 aromatic rings. The van der Waals surface area contributed by atoms with Crippen molar-refractivity contribution < 1.29 is 52.9 Å². The van der Waals surface area contributed by atoms with Gasteiger partial charge in [0.1, 0.15) is 39.1 Å². The van der Waals surface area contributed by atoms with E-state index in [2.05, 4.69) is 14.3 Å². The number of ether oxygens (including phenoxy) is 1. The number of hydrogen-bond acceptors (Lipinski definition) is 9. The summed E-state index contributed by atoms with van der Waals surface area (Å²) in [5, 5.41) is 4.64. The number of carbonyl (C=O) groups is 1. The molecule has 5 rings (SSSR count). The maximum Gasteiger partial charge on any atom is 0.534 e. The molecule has 0 aliphatic carbocycles. The minimum absolute atomic E-state index is 0.0688. The second-order valence-electron chi connectivity index (χ2n) is 15.4. The Morgan fingerprint density at radius 3 is 2.23 bits per heavy atom. The van der Waals surface area contributed by atoms with Crippen LogP contribution in [0, 0.1) is 17.5 Å². The highest BCUT2D eigenvalue weighted by Crippen LogP contribution is 2.48. The van der Waals surface area contributed by atoms with Gasteiger partial charge in [-0.2, -0.15) is 26.7 Å². The van der Waals surface area contributed by atoms with Gasteiger partial charge in [-0.05, 0) is 70.4 Å². The van der Waals surface area contributed by atoms with Crippen LogP contribution in [0.3, 0.4) is 0 Å². The summed E-state index contributed by atoms with van der Waals surface area (Å²) >= 11 is 0.478. The average Bonchev–Trinajstić information content (AvgIpc) is 3.61. The van der Waals surface area contributed by atoms with Crippen molar-refractivity contribution in [2.45, 2.75) is 103 Å². The highest BCUT2D eigenvalue weighted by molar-refractivity contribution is 7.88. The lowest BCUT2D eigenvalue weighted by atomic mass is 9.93. The fourth-order valence-electron chi connectivity index (χ4n) is 5.61. The van der Waals surface area contributed by atoms with Gasteiger partial charge in [0, 0.05) is 34.5 Å². The van der Waals surface area contributed by atoms with Crippen molar-refractivity contribution >= 4 is 46.0 Å². The van der Waals surface area contributed by atoms with Gasteiger partial charge in [-0.15, -0.1) is 11.3 Å². The zero-order chi connectivity index (χ0) is 39.8. The minimum Gasteiger partial charge on any atom is -0.444 e. The van der Waals surface area contributed by atoms with Crippen LogP contribution >= 0.6 is 11.3 Å². The van der Waals surface area contributed by atoms with E-state index in [0.29, 0.717) is 23.1 Å². The zero-order valence-corrected chi connectivity index (χ0v) is 33.3. The second kappa shape index (κ2) is 13.6. The SMILES string of the molecule is C[C@@H]1c2cc(-c3nc(OS(=O)(=O)C(F)(F)F)c4scc(F)c4c3-c3c(F)cc(F)cc3CO[Si](C)(C)C(C)(C)C)nn2[C@@H](C)CN1C(=O)OC(C)(C)C. The number of alkyl halides is 3. The molecule has 3 aromatic heterocycles. The maximum atomic E-state index is 16.3. The van der Waals surface area contributed by atoms with Crippen molar-refractivity contribution in [1.29, 1.82) is 0 Å². The zero-order valence-electron chi connectivity index (χ0n) is 30.7. The van der Waals surface area contributed by atoms with Crippen molar-refractivity contribution in [2.24, 2.45) is 0 Å². The summed E-state index contributed by atoms with van der Waals surface area (Å²) in [4.78, 5) is 18.8. The van der Waals surface area contributed by atoms with Crippen molar-refractivity contribution in [3.8, 4) is 28.4 Å². The number of benzene rings is 1. The molecular weight excluding hydrogens is 767 g/mol. The summed E-state index contributed by atoms with van der Waals surface area (Å²) < 4.78 is 130. The number of thiophene rings is 1. The van der Waals surface area contributed by atoms with Crippen LogP contribution in [0.15, 0.2) is 23.6 Å². The molecule has 0 N–H and O–H groups in total. The number of pyridine rings is 1. The molecule has 1 amide bonds. The molecule has 53 heavy (non-hydrogen) atoms. The van der Waals surface area contributed by atoms with Crippen LogP contribution in [0.1, 0.15) is 78.7 Å².